The monoisotopic (exact) mass is 471 g/mol. The quantitative estimate of drug-likeness (QED) is 0.591. The molecule has 0 aromatic carbocycles. The minimum absolute atomic E-state index is 0.0422. The largest absolute Gasteiger partial charge is 0.465 e. The fourth-order valence-corrected chi connectivity index (χ4v) is 5.46. The van der Waals surface area contributed by atoms with Crippen molar-refractivity contribution in [1.29, 1.82) is 0 Å². The molecule has 5 heterocycles. The summed E-state index contributed by atoms with van der Waals surface area (Å²) >= 11 is 8.18. The summed E-state index contributed by atoms with van der Waals surface area (Å²) in [5.74, 6) is 1.42. The Morgan fingerprint density at radius 2 is 2.09 bits per heavy atom. The number of aryl methyl sites for hydroxylation is 1. The molecule has 5 rings (SSSR count). The lowest BCUT2D eigenvalue weighted by Crippen LogP contribution is -2.42. The molecule has 0 aliphatic carbocycles. The van der Waals surface area contributed by atoms with Crippen molar-refractivity contribution in [2.24, 2.45) is 7.05 Å². The Hall–Kier alpha value is -2.13. The van der Waals surface area contributed by atoms with Crippen LogP contribution in [0.2, 0.25) is 5.02 Å². The van der Waals surface area contributed by atoms with Gasteiger partial charge in [0.25, 0.3) is 5.56 Å². The number of rotatable bonds is 6. The van der Waals surface area contributed by atoms with E-state index in [4.69, 9.17) is 16.3 Å². The first-order valence-corrected chi connectivity index (χ1v) is 12.3. The zero-order valence-corrected chi connectivity index (χ0v) is 19.6. The Balaban J connectivity index is 1.15. The summed E-state index contributed by atoms with van der Waals surface area (Å²) in [6.45, 7) is 3.84. The summed E-state index contributed by atoms with van der Waals surface area (Å²) in [5, 5.41) is 4.31. The molecule has 168 valence electrons. The molecule has 1 fully saturated rings. The van der Waals surface area contributed by atoms with E-state index in [1.807, 2.05) is 6.20 Å². The van der Waals surface area contributed by atoms with E-state index in [9.17, 15) is 4.79 Å². The van der Waals surface area contributed by atoms with Gasteiger partial charge in [-0.3, -0.25) is 9.78 Å². The first-order chi connectivity index (χ1) is 15.6. The van der Waals surface area contributed by atoms with Crippen LogP contribution in [0, 0.1) is 0 Å². The molecule has 0 saturated carbocycles. The summed E-state index contributed by atoms with van der Waals surface area (Å²) in [5.41, 5.74) is 3.81. The number of pyridine rings is 3. The second-order valence-electron chi connectivity index (χ2n) is 8.35. The van der Waals surface area contributed by atoms with Crippen molar-refractivity contribution in [3.63, 3.8) is 0 Å². The van der Waals surface area contributed by atoms with E-state index in [0.29, 0.717) is 17.0 Å². The Morgan fingerprint density at radius 3 is 2.94 bits per heavy atom. The number of fused-ring (bicyclic) bond motifs is 2. The molecule has 0 atom stereocenters. The van der Waals surface area contributed by atoms with Crippen LogP contribution in [0.4, 0.5) is 0 Å². The zero-order valence-electron chi connectivity index (χ0n) is 18.0. The molecule has 2 aliphatic heterocycles. The maximum absolute atomic E-state index is 12.1. The van der Waals surface area contributed by atoms with Crippen molar-refractivity contribution in [2.45, 2.75) is 36.7 Å². The number of hydrogen-bond donors (Lipinski definition) is 1. The summed E-state index contributed by atoms with van der Waals surface area (Å²) in [4.78, 5) is 24.5. The van der Waals surface area contributed by atoms with Gasteiger partial charge in [-0.2, -0.15) is 0 Å². The van der Waals surface area contributed by atoms with E-state index in [-0.39, 0.29) is 5.56 Å². The lowest BCUT2D eigenvalue weighted by Gasteiger charge is -2.32. The van der Waals surface area contributed by atoms with Gasteiger partial charge in [0.1, 0.15) is 5.94 Å². The fourth-order valence-electron chi connectivity index (χ4n) is 4.46. The summed E-state index contributed by atoms with van der Waals surface area (Å²) < 4.78 is 7.11. The van der Waals surface area contributed by atoms with E-state index < -0.39 is 0 Å². The summed E-state index contributed by atoms with van der Waals surface area (Å²) in [6.07, 6.45) is 6.62. The topological polar surface area (TPSA) is 72.3 Å². The van der Waals surface area contributed by atoms with Crippen LogP contribution < -0.4 is 15.6 Å². The molecule has 3 aromatic heterocycles. The number of thioether (sulfide) groups is 1. The predicted molar refractivity (Wildman–Crippen MR) is 128 cm³/mol. The maximum atomic E-state index is 12.1. The van der Waals surface area contributed by atoms with Gasteiger partial charge in [0.05, 0.1) is 21.0 Å². The Labute approximate surface area is 196 Å². The highest BCUT2D eigenvalue weighted by molar-refractivity contribution is 7.99. The average molecular weight is 472 g/mol. The third kappa shape index (κ3) is 4.50. The number of nitrogens with zero attached hydrogens (tertiary/aromatic N) is 4. The Kier molecular flexibility index (Phi) is 6.37. The standard InChI is InChI=1S/C23H26ClN5O2S/c1-28-21(30)3-2-19-22(28)17(18(24)13-26-19)6-9-29-7-4-16(5-8-29)25-11-15-10-20-23(27-12-15)31-14-32-20/h2-3,10,12-13,16,25H,4-9,11,14H2,1H3. The van der Waals surface area contributed by atoms with Gasteiger partial charge in [-0.1, -0.05) is 23.4 Å². The highest BCUT2D eigenvalue weighted by Crippen LogP contribution is 2.34. The van der Waals surface area contributed by atoms with Crippen LogP contribution >= 0.6 is 23.4 Å². The molecule has 3 aromatic rings. The molecule has 32 heavy (non-hydrogen) atoms. The smallest absolute Gasteiger partial charge is 0.250 e. The van der Waals surface area contributed by atoms with Gasteiger partial charge in [0, 0.05) is 44.6 Å². The van der Waals surface area contributed by atoms with Crippen LogP contribution in [-0.2, 0) is 20.0 Å². The number of nitrogens with one attached hydrogen (secondary N) is 1. The molecule has 9 heteroatoms. The Morgan fingerprint density at radius 1 is 1.25 bits per heavy atom. The summed E-state index contributed by atoms with van der Waals surface area (Å²) in [6, 6.07) is 6.01. The van der Waals surface area contributed by atoms with E-state index in [1.165, 1.54) is 5.56 Å². The average Bonchev–Trinajstić information content (AvgIpc) is 3.28. The van der Waals surface area contributed by atoms with Crippen LogP contribution in [-0.4, -0.2) is 51.0 Å². The van der Waals surface area contributed by atoms with Crippen molar-refractivity contribution in [3.8, 4) is 5.88 Å². The Bertz CT molecular complexity index is 1190. The number of likely N-dealkylation sites (tertiary alicyclic amines) is 1. The van der Waals surface area contributed by atoms with Crippen LogP contribution in [0.3, 0.4) is 0 Å². The van der Waals surface area contributed by atoms with E-state index in [2.05, 4.69) is 26.3 Å². The molecule has 1 N–H and O–H groups in total. The molecular weight excluding hydrogens is 446 g/mol. The summed E-state index contributed by atoms with van der Waals surface area (Å²) in [7, 11) is 1.78. The third-order valence-corrected chi connectivity index (χ3v) is 7.49. The van der Waals surface area contributed by atoms with Crippen LogP contribution in [0.5, 0.6) is 5.88 Å². The highest BCUT2D eigenvalue weighted by atomic mass is 35.5. The second kappa shape index (κ2) is 9.39. The minimum Gasteiger partial charge on any atom is -0.465 e. The first-order valence-electron chi connectivity index (χ1n) is 10.9. The minimum atomic E-state index is -0.0422. The number of aromatic nitrogens is 3. The van der Waals surface area contributed by atoms with Crippen LogP contribution in [0.15, 0.2) is 40.3 Å². The normalized spacial score (nSPS) is 16.9. The first kappa shape index (κ1) is 21.7. The molecule has 7 nitrogen and oxygen atoms in total. The molecule has 1 saturated heterocycles. The molecule has 0 amide bonds. The molecule has 0 spiro atoms. The predicted octanol–water partition coefficient (Wildman–Crippen LogP) is 3.22. The van der Waals surface area contributed by atoms with E-state index in [0.717, 1.165) is 72.8 Å². The van der Waals surface area contributed by atoms with Crippen molar-refractivity contribution in [1.82, 2.24) is 24.8 Å². The molecule has 2 aliphatic rings. The SMILES string of the molecule is Cn1c(=O)ccc2ncc(Cl)c(CCN3CCC(NCc4cnc5c(c4)SCO5)CC3)c21. The van der Waals surface area contributed by atoms with Crippen LogP contribution in [0.25, 0.3) is 11.0 Å². The van der Waals surface area contributed by atoms with Gasteiger partial charge in [0.15, 0.2) is 0 Å². The second-order valence-corrected chi connectivity index (χ2v) is 9.72. The lowest BCUT2D eigenvalue weighted by molar-refractivity contribution is 0.199. The molecular formula is C23H26ClN5O2S. The van der Waals surface area contributed by atoms with Gasteiger partial charge < -0.3 is 19.5 Å². The number of ether oxygens (including phenoxy) is 1. The van der Waals surface area contributed by atoms with Gasteiger partial charge >= 0.3 is 0 Å². The number of piperidine rings is 1. The van der Waals surface area contributed by atoms with Crippen molar-refractivity contribution >= 4 is 34.4 Å². The zero-order chi connectivity index (χ0) is 22.1. The highest BCUT2D eigenvalue weighted by Gasteiger charge is 2.20. The lowest BCUT2D eigenvalue weighted by atomic mass is 10.0. The van der Waals surface area contributed by atoms with Crippen LogP contribution in [0.1, 0.15) is 24.0 Å². The maximum Gasteiger partial charge on any atom is 0.250 e. The van der Waals surface area contributed by atoms with Gasteiger partial charge in [-0.25, -0.2) is 4.98 Å². The fraction of sp³-hybridized carbons (Fsp3) is 0.435. The van der Waals surface area contributed by atoms with Gasteiger partial charge in [0.2, 0.25) is 5.88 Å². The van der Waals surface area contributed by atoms with Gasteiger partial charge in [-0.05, 0) is 55.6 Å². The molecule has 0 bridgehead atoms. The van der Waals surface area contributed by atoms with E-state index in [1.54, 1.807) is 41.7 Å². The molecule has 0 unspecified atom stereocenters. The molecule has 0 radical (unpaired) electrons. The third-order valence-electron chi connectivity index (χ3n) is 6.33. The van der Waals surface area contributed by atoms with Crippen molar-refractivity contribution < 1.29 is 4.74 Å². The van der Waals surface area contributed by atoms with Crippen molar-refractivity contribution in [3.05, 3.63) is 57.1 Å². The number of halogens is 1. The number of hydrogen-bond acceptors (Lipinski definition) is 7. The van der Waals surface area contributed by atoms with Gasteiger partial charge in [-0.15, -0.1) is 0 Å². The van der Waals surface area contributed by atoms with Crippen molar-refractivity contribution in [2.75, 3.05) is 25.6 Å². The van der Waals surface area contributed by atoms with E-state index >= 15 is 0 Å².